The Balaban J connectivity index is 1.79. The highest BCUT2D eigenvalue weighted by atomic mass is 35.5. The molecule has 1 aliphatic rings. The van der Waals surface area contributed by atoms with E-state index in [9.17, 15) is 5.11 Å². The Morgan fingerprint density at radius 3 is 2.69 bits per heavy atom. The molecule has 138 valence electrons. The number of hydrogen-bond acceptors (Lipinski definition) is 3. The first-order chi connectivity index (χ1) is 12.7. The summed E-state index contributed by atoms with van der Waals surface area (Å²) >= 11 is 6.45. The fourth-order valence-electron chi connectivity index (χ4n) is 3.55. The molecule has 1 aliphatic heterocycles. The first kappa shape index (κ1) is 18.7. The van der Waals surface area contributed by atoms with Gasteiger partial charge < -0.3 is 14.7 Å². The van der Waals surface area contributed by atoms with E-state index in [-0.39, 0.29) is 11.8 Å². The van der Waals surface area contributed by atoms with Crippen molar-refractivity contribution in [3.8, 4) is 11.5 Å². The molecule has 0 radical (unpaired) electrons. The molecule has 2 aromatic carbocycles. The molecule has 3 rings (SSSR count). The van der Waals surface area contributed by atoms with Gasteiger partial charge in [0.2, 0.25) is 0 Å². The molecule has 4 nitrogen and oxygen atoms in total. The maximum absolute atomic E-state index is 10.3. The van der Waals surface area contributed by atoms with E-state index in [2.05, 4.69) is 11.1 Å². The first-order valence-corrected chi connectivity index (χ1v) is 9.62. The molecule has 26 heavy (non-hydrogen) atoms. The van der Waals surface area contributed by atoms with Crippen molar-refractivity contribution in [1.29, 1.82) is 0 Å². The van der Waals surface area contributed by atoms with Crippen molar-refractivity contribution >= 4 is 17.8 Å². The van der Waals surface area contributed by atoms with Crippen LogP contribution in [0.1, 0.15) is 36.9 Å². The predicted molar refractivity (Wildman–Crippen MR) is 106 cm³/mol. The Kier molecular flexibility index (Phi) is 6.53. The van der Waals surface area contributed by atoms with Gasteiger partial charge in [0.25, 0.3) is 0 Å². The Hall–Kier alpha value is -2.04. The van der Waals surface area contributed by atoms with E-state index < -0.39 is 0 Å². The molecule has 0 aromatic heterocycles. The maximum Gasteiger partial charge on any atom is 0.166 e. The number of aromatic hydroxyl groups is 1. The number of likely N-dealkylation sites (tertiary alicyclic amines) is 1. The number of rotatable bonds is 7. The lowest BCUT2D eigenvalue weighted by molar-refractivity contribution is -0.918. The van der Waals surface area contributed by atoms with Gasteiger partial charge >= 0.3 is 0 Å². The van der Waals surface area contributed by atoms with Crippen molar-refractivity contribution in [2.24, 2.45) is 4.99 Å². The predicted octanol–water partition coefficient (Wildman–Crippen LogP) is 3.28. The highest BCUT2D eigenvalue weighted by Crippen LogP contribution is 2.28. The van der Waals surface area contributed by atoms with Gasteiger partial charge in [-0.05, 0) is 25.1 Å². The number of aliphatic imine (C=N–C) groups is 1. The second kappa shape index (κ2) is 9.06. The molecule has 2 aromatic rings. The fourth-order valence-corrected chi connectivity index (χ4v) is 3.82. The first-order valence-electron chi connectivity index (χ1n) is 9.24. The Morgan fingerprint density at radius 1 is 1.19 bits per heavy atom. The molecule has 2 N–H and O–H groups in total. The van der Waals surface area contributed by atoms with E-state index in [1.54, 1.807) is 12.3 Å². The molecule has 0 bridgehead atoms. The lowest BCUT2D eigenvalue weighted by atomic mass is 10.1. The van der Waals surface area contributed by atoms with Gasteiger partial charge in [-0.3, -0.25) is 4.99 Å². The van der Waals surface area contributed by atoms with Crippen molar-refractivity contribution in [2.45, 2.75) is 25.8 Å². The van der Waals surface area contributed by atoms with Crippen LogP contribution in [0.2, 0.25) is 5.02 Å². The van der Waals surface area contributed by atoms with Crippen LogP contribution in [0.15, 0.2) is 47.5 Å². The van der Waals surface area contributed by atoms with Gasteiger partial charge in [0.05, 0.1) is 26.2 Å². The van der Waals surface area contributed by atoms with Crippen molar-refractivity contribution in [3.63, 3.8) is 0 Å². The average molecular weight is 374 g/mol. The summed E-state index contributed by atoms with van der Waals surface area (Å²) in [6.07, 6.45) is 4.23. The van der Waals surface area contributed by atoms with Crippen molar-refractivity contribution in [1.82, 2.24) is 0 Å². The van der Waals surface area contributed by atoms with Crippen LogP contribution >= 0.6 is 11.6 Å². The van der Waals surface area contributed by atoms with Crippen LogP contribution in [-0.2, 0) is 0 Å². The van der Waals surface area contributed by atoms with Gasteiger partial charge in [-0.25, -0.2) is 0 Å². The molecular weight excluding hydrogens is 348 g/mol. The summed E-state index contributed by atoms with van der Waals surface area (Å²) < 4.78 is 5.44. The standard InChI is InChI=1S/C21H25ClN2O2/c1-2-26-20-11-7-8-16(21(20)25)14-23-15-19(24-12-5-6-13-24)17-9-3-4-10-18(17)22/h3-4,7-11,14,19,25H,2,5-6,12-13,15H2,1H3/p+1/t19-/m1/s1. The summed E-state index contributed by atoms with van der Waals surface area (Å²) in [7, 11) is 0. The molecular formula is C21H26ClN2O2+. The van der Waals surface area contributed by atoms with E-state index >= 15 is 0 Å². The Morgan fingerprint density at radius 2 is 1.96 bits per heavy atom. The van der Waals surface area contributed by atoms with E-state index in [1.807, 2.05) is 37.3 Å². The third-order valence-corrected chi connectivity index (χ3v) is 5.21. The number of benzene rings is 2. The highest BCUT2D eigenvalue weighted by molar-refractivity contribution is 6.31. The van der Waals surface area contributed by atoms with Gasteiger partial charge in [-0.1, -0.05) is 35.9 Å². The zero-order chi connectivity index (χ0) is 18.4. The van der Waals surface area contributed by atoms with E-state index in [0.717, 1.165) is 23.7 Å². The van der Waals surface area contributed by atoms with Crippen molar-refractivity contribution in [3.05, 3.63) is 58.6 Å². The smallest absolute Gasteiger partial charge is 0.166 e. The fraction of sp³-hybridized carbons (Fsp3) is 0.381. The van der Waals surface area contributed by atoms with Crippen LogP contribution < -0.4 is 9.64 Å². The minimum atomic E-state index is 0.140. The second-order valence-electron chi connectivity index (χ2n) is 6.56. The summed E-state index contributed by atoms with van der Waals surface area (Å²) in [6.45, 7) is 5.35. The quantitative estimate of drug-likeness (QED) is 0.731. The molecule has 0 spiro atoms. The molecule has 1 fully saturated rings. The molecule has 1 atom stereocenters. The lowest BCUT2D eigenvalue weighted by Gasteiger charge is -2.24. The van der Waals surface area contributed by atoms with Crippen molar-refractivity contribution in [2.75, 3.05) is 26.2 Å². The largest absolute Gasteiger partial charge is 0.504 e. The number of nitrogens with one attached hydrogen (secondary N) is 1. The van der Waals surface area contributed by atoms with E-state index in [1.165, 1.54) is 17.7 Å². The summed E-state index contributed by atoms with van der Waals surface area (Å²) in [4.78, 5) is 6.18. The monoisotopic (exact) mass is 373 g/mol. The molecule has 1 saturated heterocycles. The molecule has 0 saturated carbocycles. The van der Waals surface area contributed by atoms with Gasteiger partial charge in [-0.15, -0.1) is 0 Å². The number of halogens is 1. The maximum atomic E-state index is 10.3. The van der Waals surface area contributed by atoms with Gasteiger partial charge in [-0.2, -0.15) is 0 Å². The molecule has 0 aliphatic carbocycles. The normalized spacial score (nSPS) is 16.2. The van der Waals surface area contributed by atoms with Crippen LogP contribution in [-0.4, -0.2) is 37.6 Å². The van der Waals surface area contributed by atoms with Crippen LogP contribution in [0.5, 0.6) is 11.5 Å². The minimum absolute atomic E-state index is 0.140. The molecule has 0 unspecified atom stereocenters. The number of hydrogen-bond donors (Lipinski definition) is 2. The van der Waals surface area contributed by atoms with Crippen LogP contribution in [0, 0.1) is 0 Å². The minimum Gasteiger partial charge on any atom is -0.504 e. The van der Waals surface area contributed by atoms with Gasteiger partial charge in [0.15, 0.2) is 11.5 Å². The van der Waals surface area contributed by atoms with Gasteiger partial charge in [0.1, 0.15) is 6.04 Å². The molecule has 1 heterocycles. The number of phenols is 1. The van der Waals surface area contributed by atoms with Crippen LogP contribution in [0.4, 0.5) is 0 Å². The summed E-state index contributed by atoms with van der Waals surface area (Å²) in [5.74, 6) is 0.630. The van der Waals surface area contributed by atoms with E-state index in [4.69, 9.17) is 16.3 Å². The SMILES string of the molecule is CCOc1cccc(C=NC[C@H](c2ccccc2Cl)[NH+]2CCCC2)c1O. The number of ether oxygens (including phenoxy) is 1. The van der Waals surface area contributed by atoms with Crippen LogP contribution in [0.25, 0.3) is 0 Å². The second-order valence-corrected chi connectivity index (χ2v) is 6.97. The Bertz CT molecular complexity index is 757. The number of quaternary nitrogens is 1. The Labute approximate surface area is 160 Å². The summed E-state index contributed by atoms with van der Waals surface area (Å²) in [5, 5.41) is 11.1. The van der Waals surface area contributed by atoms with Gasteiger partial charge in [0, 0.05) is 35.2 Å². The molecule has 5 heteroatoms. The third-order valence-electron chi connectivity index (χ3n) is 4.87. The summed E-state index contributed by atoms with van der Waals surface area (Å²) in [6, 6.07) is 13.7. The van der Waals surface area contributed by atoms with Crippen molar-refractivity contribution < 1.29 is 14.7 Å². The zero-order valence-corrected chi connectivity index (χ0v) is 15.9. The summed E-state index contributed by atoms with van der Waals surface area (Å²) in [5.41, 5.74) is 1.82. The number of phenolic OH excluding ortho intramolecular Hbond substituents is 1. The zero-order valence-electron chi connectivity index (χ0n) is 15.1. The average Bonchev–Trinajstić information content (AvgIpc) is 3.17. The van der Waals surface area contributed by atoms with Crippen LogP contribution in [0.3, 0.4) is 0 Å². The topological polar surface area (TPSA) is 46.3 Å². The highest BCUT2D eigenvalue weighted by Gasteiger charge is 2.28. The number of nitrogens with zero attached hydrogens (tertiary/aromatic N) is 1. The molecule has 0 amide bonds. The number of para-hydroxylation sites is 1. The third kappa shape index (κ3) is 4.37. The van der Waals surface area contributed by atoms with E-state index in [0.29, 0.717) is 24.5 Å². The lowest BCUT2D eigenvalue weighted by Crippen LogP contribution is -3.10.